The lowest BCUT2D eigenvalue weighted by Gasteiger charge is -2.09. The molecule has 0 spiro atoms. The average molecular weight is 285 g/mol. The van der Waals surface area contributed by atoms with Gasteiger partial charge in [0.2, 0.25) is 0 Å². The van der Waals surface area contributed by atoms with Crippen LogP contribution in [0.25, 0.3) is 0 Å². The monoisotopic (exact) mass is 285 g/mol. The van der Waals surface area contributed by atoms with Crippen LogP contribution in [0.1, 0.15) is 16.7 Å². The Morgan fingerprint density at radius 1 is 0.905 bits per heavy atom. The predicted molar refractivity (Wildman–Crippen MR) is 85.5 cm³/mol. The molecule has 0 saturated heterocycles. The zero-order chi connectivity index (χ0) is 14.9. The molecule has 0 unspecified atom stereocenters. The molecule has 1 N–H and O–H groups in total. The fourth-order valence-corrected chi connectivity index (χ4v) is 2.10. The van der Waals surface area contributed by atoms with E-state index in [9.17, 15) is 0 Å². The predicted octanol–water partition coefficient (Wildman–Crippen LogP) is 3.31. The van der Waals surface area contributed by atoms with E-state index in [4.69, 9.17) is 9.47 Å². The van der Waals surface area contributed by atoms with Gasteiger partial charge in [-0.2, -0.15) is 0 Å². The van der Waals surface area contributed by atoms with Crippen LogP contribution in [0.5, 0.6) is 5.75 Å². The maximum Gasteiger partial charge on any atom is 0.119 e. The Balaban J connectivity index is 1.77. The van der Waals surface area contributed by atoms with Gasteiger partial charge >= 0.3 is 0 Å². The number of hydrogen-bond acceptors (Lipinski definition) is 3. The van der Waals surface area contributed by atoms with Crippen molar-refractivity contribution < 1.29 is 9.47 Å². The highest BCUT2D eigenvalue weighted by Crippen LogP contribution is 2.12. The van der Waals surface area contributed by atoms with Gasteiger partial charge in [-0.15, -0.1) is 0 Å². The molecule has 0 aliphatic carbocycles. The third kappa shape index (κ3) is 5.21. The highest BCUT2D eigenvalue weighted by atomic mass is 16.5. The molecule has 0 atom stereocenters. The summed E-state index contributed by atoms with van der Waals surface area (Å²) in [5.74, 6) is 0.884. The number of benzene rings is 2. The van der Waals surface area contributed by atoms with Crippen LogP contribution >= 0.6 is 0 Å². The SMILES string of the molecule is COCCOc1ccc(CNCc2ccccc2C)cc1. The van der Waals surface area contributed by atoms with E-state index in [0.29, 0.717) is 13.2 Å². The van der Waals surface area contributed by atoms with Gasteiger partial charge < -0.3 is 14.8 Å². The lowest BCUT2D eigenvalue weighted by molar-refractivity contribution is 0.146. The molecule has 0 amide bonds. The second-order valence-corrected chi connectivity index (χ2v) is 5.02. The molecule has 0 radical (unpaired) electrons. The molecule has 2 aromatic rings. The van der Waals surface area contributed by atoms with Crippen molar-refractivity contribution in [3.05, 3.63) is 65.2 Å². The summed E-state index contributed by atoms with van der Waals surface area (Å²) in [4.78, 5) is 0. The maximum atomic E-state index is 5.55. The van der Waals surface area contributed by atoms with Gasteiger partial charge in [0.25, 0.3) is 0 Å². The van der Waals surface area contributed by atoms with E-state index in [0.717, 1.165) is 18.8 Å². The molecule has 0 saturated carbocycles. The van der Waals surface area contributed by atoms with Gasteiger partial charge in [-0.3, -0.25) is 0 Å². The van der Waals surface area contributed by atoms with Crippen LogP contribution in [0, 0.1) is 6.92 Å². The van der Waals surface area contributed by atoms with Gasteiger partial charge in [0.1, 0.15) is 12.4 Å². The molecular weight excluding hydrogens is 262 g/mol. The number of ether oxygens (including phenoxy) is 2. The first kappa shape index (κ1) is 15.5. The minimum absolute atomic E-state index is 0.585. The van der Waals surface area contributed by atoms with Crippen molar-refractivity contribution in [3.8, 4) is 5.75 Å². The zero-order valence-corrected chi connectivity index (χ0v) is 12.8. The Bertz CT molecular complexity index is 537. The van der Waals surface area contributed by atoms with Crippen molar-refractivity contribution in [2.45, 2.75) is 20.0 Å². The lowest BCUT2D eigenvalue weighted by Crippen LogP contribution is -2.13. The average Bonchev–Trinajstić information content (AvgIpc) is 2.51. The first-order chi connectivity index (χ1) is 10.3. The van der Waals surface area contributed by atoms with Crippen molar-refractivity contribution in [1.82, 2.24) is 5.32 Å². The Kier molecular flexibility index (Phi) is 6.25. The zero-order valence-electron chi connectivity index (χ0n) is 12.8. The van der Waals surface area contributed by atoms with E-state index in [2.05, 4.69) is 48.6 Å². The van der Waals surface area contributed by atoms with Crippen LogP contribution in [0.15, 0.2) is 48.5 Å². The molecule has 0 heterocycles. The molecule has 3 nitrogen and oxygen atoms in total. The fraction of sp³-hybridized carbons (Fsp3) is 0.333. The summed E-state index contributed by atoms with van der Waals surface area (Å²) in [7, 11) is 1.67. The largest absolute Gasteiger partial charge is 0.491 e. The Hall–Kier alpha value is -1.84. The second-order valence-electron chi connectivity index (χ2n) is 5.02. The van der Waals surface area contributed by atoms with Gasteiger partial charge in [-0.05, 0) is 35.7 Å². The summed E-state index contributed by atoms with van der Waals surface area (Å²) in [6, 6.07) is 16.6. The molecule has 21 heavy (non-hydrogen) atoms. The number of rotatable bonds is 8. The second kappa shape index (κ2) is 8.45. The summed E-state index contributed by atoms with van der Waals surface area (Å²) in [5, 5.41) is 3.47. The number of hydrogen-bond donors (Lipinski definition) is 1. The van der Waals surface area contributed by atoms with Crippen LogP contribution in [0.4, 0.5) is 0 Å². The van der Waals surface area contributed by atoms with E-state index in [-0.39, 0.29) is 0 Å². The van der Waals surface area contributed by atoms with Crippen LogP contribution in [0.2, 0.25) is 0 Å². The molecule has 0 aromatic heterocycles. The van der Waals surface area contributed by atoms with Crippen molar-refractivity contribution in [2.24, 2.45) is 0 Å². The number of aryl methyl sites for hydroxylation is 1. The van der Waals surface area contributed by atoms with E-state index in [1.807, 2.05) is 12.1 Å². The minimum atomic E-state index is 0.585. The Morgan fingerprint density at radius 2 is 1.67 bits per heavy atom. The minimum Gasteiger partial charge on any atom is -0.491 e. The normalized spacial score (nSPS) is 10.6. The van der Waals surface area contributed by atoms with Crippen molar-refractivity contribution in [3.63, 3.8) is 0 Å². The summed E-state index contributed by atoms with van der Waals surface area (Å²) in [5.41, 5.74) is 3.92. The molecule has 2 aromatic carbocycles. The number of methoxy groups -OCH3 is 1. The fourth-order valence-electron chi connectivity index (χ4n) is 2.10. The molecule has 0 bridgehead atoms. The Morgan fingerprint density at radius 3 is 2.38 bits per heavy atom. The molecule has 0 aliphatic heterocycles. The molecule has 112 valence electrons. The smallest absolute Gasteiger partial charge is 0.119 e. The van der Waals surface area contributed by atoms with Gasteiger partial charge in [0.15, 0.2) is 0 Å². The van der Waals surface area contributed by atoms with E-state index in [1.54, 1.807) is 7.11 Å². The molecule has 0 aliphatic rings. The van der Waals surface area contributed by atoms with E-state index < -0.39 is 0 Å². The molecule has 2 rings (SSSR count). The van der Waals surface area contributed by atoms with Crippen LogP contribution in [-0.4, -0.2) is 20.3 Å². The maximum absolute atomic E-state index is 5.55. The van der Waals surface area contributed by atoms with Gasteiger partial charge in [-0.25, -0.2) is 0 Å². The molecule has 0 fully saturated rings. The van der Waals surface area contributed by atoms with E-state index >= 15 is 0 Å². The van der Waals surface area contributed by atoms with Crippen LogP contribution in [-0.2, 0) is 17.8 Å². The van der Waals surface area contributed by atoms with Gasteiger partial charge in [0.05, 0.1) is 6.61 Å². The first-order valence-electron chi connectivity index (χ1n) is 7.25. The summed E-state index contributed by atoms with van der Waals surface area (Å²) in [6.45, 7) is 5.08. The third-order valence-electron chi connectivity index (χ3n) is 3.39. The topological polar surface area (TPSA) is 30.5 Å². The van der Waals surface area contributed by atoms with E-state index in [1.165, 1.54) is 16.7 Å². The van der Waals surface area contributed by atoms with Gasteiger partial charge in [0, 0.05) is 20.2 Å². The number of nitrogens with one attached hydrogen (secondary N) is 1. The quantitative estimate of drug-likeness (QED) is 0.755. The van der Waals surface area contributed by atoms with Crippen LogP contribution in [0.3, 0.4) is 0 Å². The summed E-state index contributed by atoms with van der Waals surface area (Å²) in [6.07, 6.45) is 0. The molecular formula is C18H23NO2. The third-order valence-corrected chi connectivity index (χ3v) is 3.39. The van der Waals surface area contributed by atoms with Crippen molar-refractivity contribution in [2.75, 3.05) is 20.3 Å². The summed E-state index contributed by atoms with van der Waals surface area (Å²) >= 11 is 0. The Labute approximate surface area is 126 Å². The summed E-state index contributed by atoms with van der Waals surface area (Å²) < 4.78 is 10.5. The lowest BCUT2D eigenvalue weighted by atomic mass is 10.1. The van der Waals surface area contributed by atoms with Crippen molar-refractivity contribution in [1.29, 1.82) is 0 Å². The highest BCUT2D eigenvalue weighted by Gasteiger charge is 1.98. The van der Waals surface area contributed by atoms with Crippen LogP contribution < -0.4 is 10.1 Å². The van der Waals surface area contributed by atoms with Crippen molar-refractivity contribution >= 4 is 0 Å². The van der Waals surface area contributed by atoms with Gasteiger partial charge in [-0.1, -0.05) is 36.4 Å². The molecule has 3 heteroatoms. The standard InChI is InChI=1S/C18H23NO2/c1-15-5-3-4-6-17(15)14-19-13-16-7-9-18(10-8-16)21-12-11-20-2/h3-10,19H,11-14H2,1-2H3. The first-order valence-corrected chi connectivity index (χ1v) is 7.25. The highest BCUT2D eigenvalue weighted by molar-refractivity contribution is 5.28.